The lowest BCUT2D eigenvalue weighted by Crippen LogP contribution is -2.17. The first-order valence-electron chi connectivity index (χ1n) is 8.48. The van der Waals surface area contributed by atoms with Gasteiger partial charge in [0, 0.05) is 30.1 Å². The van der Waals surface area contributed by atoms with E-state index in [1.54, 1.807) is 24.3 Å². The van der Waals surface area contributed by atoms with Gasteiger partial charge in [-0.1, -0.05) is 12.1 Å². The molecule has 0 aliphatic heterocycles. The molecule has 0 aliphatic rings. The fourth-order valence-electron chi connectivity index (χ4n) is 2.43. The molecule has 3 rings (SSSR count). The first-order valence-corrected chi connectivity index (χ1v) is 8.48. The number of rotatable bonds is 6. The summed E-state index contributed by atoms with van der Waals surface area (Å²) >= 11 is 0. The Balaban J connectivity index is 1.78. The van der Waals surface area contributed by atoms with Crippen LogP contribution in [0.25, 0.3) is 0 Å². The Morgan fingerprint density at radius 3 is 2.37 bits per heavy atom. The van der Waals surface area contributed by atoms with Gasteiger partial charge < -0.3 is 20.7 Å². The zero-order valence-electron chi connectivity index (χ0n) is 15.4. The lowest BCUT2D eigenvalue weighted by molar-refractivity contribution is -0.274. The molecule has 7 nitrogen and oxygen atoms in total. The lowest BCUT2D eigenvalue weighted by atomic mass is 10.2. The molecule has 1 amide bonds. The number of nitrogens with zero attached hydrogens (tertiary/aromatic N) is 2. The number of anilines is 5. The van der Waals surface area contributed by atoms with Crippen LogP contribution in [0.15, 0.2) is 54.7 Å². The van der Waals surface area contributed by atoms with Crippen molar-refractivity contribution >= 4 is 34.7 Å². The van der Waals surface area contributed by atoms with Crippen molar-refractivity contribution in [1.29, 1.82) is 0 Å². The van der Waals surface area contributed by atoms with Crippen LogP contribution in [0.2, 0.25) is 0 Å². The average molecular weight is 421 g/mol. The predicted molar refractivity (Wildman–Crippen MR) is 102 cm³/mol. The molecule has 0 unspecified atom stereocenters. The highest BCUT2D eigenvalue weighted by atomic mass is 19.4. The largest absolute Gasteiger partial charge is 0.573 e. The molecule has 1 aromatic heterocycles. The molecule has 0 saturated heterocycles. The molecule has 0 radical (unpaired) electrons. The van der Waals surface area contributed by atoms with Crippen molar-refractivity contribution in [3.8, 4) is 5.75 Å². The Morgan fingerprint density at radius 1 is 1.00 bits per heavy atom. The molecule has 156 valence electrons. The maximum atomic E-state index is 14.1. The second kappa shape index (κ2) is 8.64. The number of amides is 1. The number of hydrogen-bond acceptors (Lipinski definition) is 6. The first kappa shape index (κ1) is 20.8. The Kier molecular flexibility index (Phi) is 6.00. The molecular weight excluding hydrogens is 406 g/mol. The summed E-state index contributed by atoms with van der Waals surface area (Å²) in [6.07, 6.45) is -3.92. The quantitative estimate of drug-likeness (QED) is 0.488. The molecule has 3 N–H and O–H groups in total. The Labute approximate surface area is 168 Å². The van der Waals surface area contributed by atoms with E-state index >= 15 is 0 Å². The van der Waals surface area contributed by atoms with Crippen LogP contribution in [0.4, 0.5) is 46.4 Å². The van der Waals surface area contributed by atoms with E-state index in [-0.39, 0.29) is 23.4 Å². The molecule has 0 fully saturated rings. The monoisotopic (exact) mass is 421 g/mol. The minimum absolute atomic E-state index is 0.0546. The normalized spacial score (nSPS) is 11.0. The molecule has 11 heteroatoms. The van der Waals surface area contributed by atoms with E-state index in [2.05, 4.69) is 30.7 Å². The van der Waals surface area contributed by atoms with Gasteiger partial charge in [0.1, 0.15) is 5.75 Å². The van der Waals surface area contributed by atoms with Crippen LogP contribution in [-0.2, 0) is 4.79 Å². The third kappa shape index (κ3) is 6.06. The smallest absolute Gasteiger partial charge is 0.406 e. The number of alkyl halides is 3. The summed E-state index contributed by atoms with van der Waals surface area (Å²) in [4.78, 5) is 18.9. The second-order valence-corrected chi connectivity index (χ2v) is 5.98. The van der Waals surface area contributed by atoms with Crippen molar-refractivity contribution in [3.63, 3.8) is 0 Å². The van der Waals surface area contributed by atoms with Gasteiger partial charge in [-0.3, -0.25) is 4.79 Å². The van der Waals surface area contributed by atoms with E-state index < -0.39 is 17.9 Å². The van der Waals surface area contributed by atoms with Gasteiger partial charge in [-0.05, 0) is 30.3 Å². The van der Waals surface area contributed by atoms with E-state index in [0.29, 0.717) is 11.4 Å². The van der Waals surface area contributed by atoms with Crippen molar-refractivity contribution in [2.75, 3.05) is 16.0 Å². The van der Waals surface area contributed by atoms with Gasteiger partial charge in [0.25, 0.3) is 0 Å². The van der Waals surface area contributed by atoms with Crippen LogP contribution < -0.4 is 20.7 Å². The molecule has 0 aliphatic carbocycles. The van der Waals surface area contributed by atoms with E-state index in [0.717, 1.165) is 18.3 Å². The summed E-state index contributed by atoms with van der Waals surface area (Å²) in [5.41, 5.74) is 1.16. The second-order valence-electron chi connectivity index (χ2n) is 5.98. The number of carbonyl (C=O) groups excluding carboxylic acids is 1. The van der Waals surface area contributed by atoms with Crippen molar-refractivity contribution in [2.45, 2.75) is 13.3 Å². The summed E-state index contributed by atoms with van der Waals surface area (Å²) in [5, 5.41) is 8.05. The van der Waals surface area contributed by atoms with Crippen LogP contribution in [0.1, 0.15) is 6.92 Å². The zero-order chi connectivity index (χ0) is 21.7. The zero-order valence-corrected chi connectivity index (χ0v) is 15.4. The fourth-order valence-corrected chi connectivity index (χ4v) is 2.43. The standard InChI is InChI=1S/C19H15F4N5O2/c1-11(29)25-12-4-2-5-13(8-12)26-17-16(20)10-24-18(28-17)27-14-6-3-7-15(9-14)30-19(21,22)23/h2-10H,1H3,(H,25,29)(H2,24,26,27,28). The van der Waals surface area contributed by atoms with Gasteiger partial charge in [-0.15, -0.1) is 13.2 Å². The topological polar surface area (TPSA) is 88.2 Å². The number of halogens is 4. The maximum absolute atomic E-state index is 14.1. The van der Waals surface area contributed by atoms with Crippen LogP contribution in [-0.4, -0.2) is 22.2 Å². The number of aromatic nitrogens is 2. The van der Waals surface area contributed by atoms with Crippen molar-refractivity contribution in [3.05, 3.63) is 60.5 Å². The minimum atomic E-state index is -4.83. The van der Waals surface area contributed by atoms with Crippen molar-refractivity contribution in [2.24, 2.45) is 0 Å². The Bertz CT molecular complexity index is 1060. The first-order chi connectivity index (χ1) is 14.2. The third-order valence-electron chi connectivity index (χ3n) is 3.51. The van der Waals surface area contributed by atoms with Crippen LogP contribution in [0.5, 0.6) is 5.75 Å². The Hall–Kier alpha value is -3.89. The summed E-state index contributed by atoms with van der Waals surface area (Å²) in [5.74, 6) is -1.66. The molecule has 2 aromatic carbocycles. The summed E-state index contributed by atoms with van der Waals surface area (Å²) in [7, 11) is 0. The van der Waals surface area contributed by atoms with Gasteiger partial charge in [-0.25, -0.2) is 9.37 Å². The highest BCUT2D eigenvalue weighted by Gasteiger charge is 2.31. The van der Waals surface area contributed by atoms with Crippen LogP contribution in [0.3, 0.4) is 0 Å². The molecule has 0 spiro atoms. The van der Waals surface area contributed by atoms with E-state index in [1.807, 2.05) is 0 Å². The van der Waals surface area contributed by atoms with E-state index in [4.69, 9.17) is 0 Å². The number of benzene rings is 2. The summed E-state index contributed by atoms with van der Waals surface area (Å²) in [6.45, 7) is 1.36. The molecule has 3 aromatic rings. The van der Waals surface area contributed by atoms with Gasteiger partial charge in [0.2, 0.25) is 11.9 Å². The number of hydrogen-bond donors (Lipinski definition) is 3. The predicted octanol–water partition coefficient (Wildman–Crippen LogP) is 4.96. The van der Waals surface area contributed by atoms with E-state index in [9.17, 15) is 22.4 Å². The van der Waals surface area contributed by atoms with Crippen molar-refractivity contribution < 1.29 is 27.1 Å². The summed E-state index contributed by atoms with van der Waals surface area (Å²) in [6, 6.07) is 11.6. The summed E-state index contributed by atoms with van der Waals surface area (Å²) < 4.78 is 55.1. The van der Waals surface area contributed by atoms with Gasteiger partial charge in [0.15, 0.2) is 11.6 Å². The number of nitrogens with one attached hydrogen (secondary N) is 3. The highest BCUT2D eigenvalue weighted by Crippen LogP contribution is 2.27. The highest BCUT2D eigenvalue weighted by molar-refractivity contribution is 5.89. The number of ether oxygens (including phenoxy) is 1. The molecule has 0 bridgehead atoms. The minimum Gasteiger partial charge on any atom is -0.406 e. The van der Waals surface area contributed by atoms with Crippen molar-refractivity contribution in [1.82, 2.24) is 9.97 Å². The molecule has 1 heterocycles. The van der Waals surface area contributed by atoms with Gasteiger partial charge >= 0.3 is 6.36 Å². The van der Waals surface area contributed by atoms with Gasteiger partial charge in [0.05, 0.1) is 6.20 Å². The average Bonchev–Trinajstić information content (AvgIpc) is 2.63. The lowest BCUT2D eigenvalue weighted by Gasteiger charge is -2.12. The Morgan fingerprint density at radius 2 is 1.67 bits per heavy atom. The molecular formula is C19H15F4N5O2. The van der Waals surface area contributed by atoms with Gasteiger partial charge in [-0.2, -0.15) is 4.98 Å². The maximum Gasteiger partial charge on any atom is 0.573 e. The molecule has 30 heavy (non-hydrogen) atoms. The SMILES string of the molecule is CC(=O)Nc1cccc(Nc2nc(Nc3cccc(OC(F)(F)F)c3)ncc2F)c1. The molecule has 0 atom stereocenters. The third-order valence-corrected chi connectivity index (χ3v) is 3.51. The van der Waals surface area contributed by atoms with E-state index in [1.165, 1.54) is 19.1 Å². The fraction of sp³-hybridized carbons (Fsp3) is 0.105. The van der Waals surface area contributed by atoms with Crippen LogP contribution >= 0.6 is 0 Å². The number of carbonyl (C=O) groups is 1. The van der Waals surface area contributed by atoms with Crippen LogP contribution in [0, 0.1) is 5.82 Å². The molecule has 0 saturated carbocycles.